The number of nitrogens with zero attached hydrogens (tertiary/aromatic N) is 4. The van der Waals surface area contributed by atoms with Crippen molar-refractivity contribution in [2.45, 2.75) is 18.9 Å². The summed E-state index contributed by atoms with van der Waals surface area (Å²) in [7, 11) is 4.13. The summed E-state index contributed by atoms with van der Waals surface area (Å²) in [5.41, 5.74) is 1.57. The molecule has 1 saturated heterocycles. The van der Waals surface area contributed by atoms with Gasteiger partial charge in [-0.15, -0.1) is 0 Å². The third-order valence-electron chi connectivity index (χ3n) is 5.13. The average Bonchev–Trinajstić information content (AvgIpc) is 2.78. The van der Waals surface area contributed by atoms with E-state index in [-0.39, 0.29) is 5.91 Å². The standard InChI is InChI=1S/C18H20Cl2N6O/c1-25-5-3-10(4-6-25)26(2)18-21-9-11-16(24-18)22-14-7-12(19)13(20)8-15(14)23-17(11)27/h7-10H,3-6H2,1-2H3,(H,23,27)(H,21,22,24). The molecule has 3 heterocycles. The van der Waals surface area contributed by atoms with Crippen LogP contribution in [0.15, 0.2) is 18.3 Å². The zero-order valence-electron chi connectivity index (χ0n) is 15.1. The van der Waals surface area contributed by atoms with Gasteiger partial charge in [-0.25, -0.2) is 4.98 Å². The van der Waals surface area contributed by atoms with Gasteiger partial charge < -0.3 is 20.4 Å². The predicted octanol–water partition coefficient (Wildman–Crippen LogP) is 3.62. The quantitative estimate of drug-likeness (QED) is 0.792. The number of halogens is 2. The zero-order valence-corrected chi connectivity index (χ0v) is 16.6. The van der Waals surface area contributed by atoms with E-state index in [9.17, 15) is 4.79 Å². The molecule has 0 saturated carbocycles. The number of benzene rings is 1. The molecule has 2 aliphatic rings. The lowest BCUT2D eigenvalue weighted by Crippen LogP contribution is -2.42. The number of hydrogen-bond acceptors (Lipinski definition) is 6. The number of likely N-dealkylation sites (tertiary alicyclic amines) is 1. The number of nitrogens with one attached hydrogen (secondary N) is 2. The molecule has 1 aromatic carbocycles. The van der Waals surface area contributed by atoms with Gasteiger partial charge in [0.2, 0.25) is 5.95 Å². The number of carbonyl (C=O) groups is 1. The molecule has 1 aromatic heterocycles. The lowest BCUT2D eigenvalue weighted by atomic mass is 10.0. The van der Waals surface area contributed by atoms with Gasteiger partial charge in [0.15, 0.2) is 0 Å². The van der Waals surface area contributed by atoms with Gasteiger partial charge in [-0.3, -0.25) is 4.79 Å². The van der Waals surface area contributed by atoms with Crippen LogP contribution in [0, 0.1) is 0 Å². The molecule has 0 bridgehead atoms. The zero-order chi connectivity index (χ0) is 19.1. The highest BCUT2D eigenvalue weighted by atomic mass is 35.5. The summed E-state index contributed by atoms with van der Waals surface area (Å²) in [5, 5.41) is 6.79. The van der Waals surface area contributed by atoms with Crippen molar-refractivity contribution in [3.63, 3.8) is 0 Å². The Morgan fingerprint density at radius 1 is 1.15 bits per heavy atom. The van der Waals surface area contributed by atoms with Crippen LogP contribution in [0.2, 0.25) is 10.0 Å². The lowest BCUT2D eigenvalue weighted by Gasteiger charge is -2.35. The van der Waals surface area contributed by atoms with Crippen LogP contribution in [-0.2, 0) is 0 Å². The summed E-state index contributed by atoms with van der Waals surface area (Å²) in [4.78, 5) is 26.0. The third kappa shape index (κ3) is 3.54. The van der Waals surface area contributed by atoms with E-state index in [0.717, 1.165) is 25.9 Å². The van der Waals surface area contributed by atoms with Crippen molar-refractivity contribution in [3.8, 4) is 0 Å². The van der Waals surface area contributed by atoms with Crippen LogP contribution in [0.5, 0.6) is 0 Å². The van der Waals surface area contributed by atoms with Crippen LogP contribution in [0.3, 0.4) is 0 Å². The van der Waals surface area contributed by atoms with Gasteiger partial charge in [0, 0.05) is 19.3 Å². The molecule has 9 heteroatoms. The second-order valence-corrected chi connectivity index (χ2v) is 7.78. The first-order valence-electron chi connectivity index (χ1n) is 8.78. The fourth-order valence-electron chi connectivity index (χ4n) is 3.42. The Bertz CT molecular complexity index is 898. The smallest absolute Gasteiger partial charge is 0.261 e. The van der Waals surface area contributed by atoms with Crippen LogP contribution in [0.25, 0.3) is 0 Å². The SMILES string of the molecule is CN1CCC(N(C)c2ncc3c(n2)Nc2cc(Cl)c(Cl)cc2NC3=O)CC1. The molecule has 0 radical (unpaired) electrons. The summed E-state index contributed by atoms with van der Waals surface area (Å²) in [5.74, 6) is 0.754. The van der Waals surface area contributed by atoms with E-state index in [1.165, 1.54) is 0 Å². The van der Waals surface area contributed by atoms with E-state index in [1.54, 1.807) is 18.3 Å². The normalized spacial score (nSPS) is 17.4. The minimum Gasteiger partial charge on any atom is -0.341 e. The molecular formula is C18H20Cl2N6O. The molecule has 7 nitrogen and oxygen atoms in total. The second kappa shape index (κ2) is 7.14. The highest BCUT2D eigenvalue weighted by molar-refractivity contribution is 6.42. The van der Waals surface area contributed by atoms with Gasteiger partial charge in [-0.2, -0.15) is 4.98 Å². The molecule has 1 fully saturated rings. The maximum absolute atomic E-state index is 12.6. The molecule has 2 aromatic rings. The van der Waals surface area contributed by atoms with Crippen LogP contribution in [0.4, 0.5) is 23.1 Å². The first kappa shape index (κ1) is 18.3. The van der Waals surface area contributed by atoms with Crippen molar-refractivity contribution in [2.75, 3.05) is 42.7 Å². The van der Waals surface area contributed by atoms with E-state index >= 15 is 0 Å². The summed E-state index contributed by atoms with van der Waals surface area (Å²) >= 11 is 12.2. The van der Waals surface area contributed by atoms with Crippen molar-refractivity contribution >= 4 is 52.3 Å². The fraction of sp³-hybridized carbons (Fsp3) is 0.389. The lowest BCUT2D eigenvalue weighted by molar-refractivity contribution is 0.102. The van der Waals surface area contributed by atoms with Gasteiger partial charge in [0.05, 0.1) is 21.4 Å². The molecule has 2 aliphatic heterocycles. The molecule has 0 unspecified atom stereocenters. The Balaban J connectivity index is 1.66. The van der Waals surface area contributed by atoms with Crippen LogP contribution < -0.4 is 15.5 Å². The molecular weight excluding hydrogens is 387 g/mol. The Kier molecular flexibility index (Phi) is 4.84. The largest absolute Gasteiger partial charge is 0.341 e. The summed E-state index contributed by atoms with van der Waals surface area (Å²) in [6, 6.07) is 3.67. The summed E-state index contributed by atoms with van der Waals surface area (Å²) < 4.78 is 0. The van der Waals surface area contributed by atoms with E-state index < -0.39 is 0 Å². The monoisotopic (exact) mass is 406 g/mol. The first-order valence-corrected chi connectivity index (χ1v) is 9.54. The minimum absolute atomic E-state index is 0.289. The van der Waals surface area contributed by atoms with Crippen LogP contribution >= 0.6 is 23.2 Å². The second-order valence-electron chi connectivity index (χ2n) is 6.97. The van der Waals surface area contributed by atoms with E-state index in [4.69, 9.17) is 23.2 Å². The van der Waals surface area contributed by atoms with Gasteiger partial charge in [0.1, 0.15) is 11.4 Å². The third-order valence-corrected chi connectivity index (χ3v) is 5.86. The molecule has 0 atom stereocenters. The number of anilines is 4. The Morgan fingerprint density at radius 3 is 2.44 bits per heavy atom. The number of carbonyl (C=O) groups excluding carboxylic acids is 1. The first-order chi connectivity index (χ1) is 12.9. The number of aromatic nitrogens is 2. The van der Waals surface area contributed by atoms with Gasteiger partial charge in [-0.1, -0.05) is 23.2 Å². The number of rotatable bonds is 2. The predicted molar refractivity (Wildman–Crippen MR) is 109 cm³/mol. The number of fused-ring (bicyclic) bond motifs is 2. The maximum atomic E-state index is 12.6. The highest BCUT2D eigenvalue weighted by Crippen LogP contribution is 2.37. The summed E-state index contributed by atoms with van der Waals surface area (Å²) in [6.07, 6.45) is 3.66. The van der Waals surface area contributed by atoms with E-state index in [0.29, 0.717) is 44.8 Å². The fourth-order valence-corrected chi connectivity index (χ4v) is 3.75. The van der Waals surface area contributed by atoms with Gasteiger partial charge in [0.25, 0.3) is 5.91 Å². The highest BCUT2D eigenvalue weighted by Gasteiger charge is 2.26. The summed E-state index contributed by atoms with van der Waals surface area (Å²) in [6.45, 7) is 2.10. The molecule has 2 N–H and O–H groups in total. The van der Waals surface area contributed by atoms with Crippen molar-refractivity contribution in [3.05, 3.63) is 33.9 Å². The van der Waals surface area contributed by atoms with Crippen molar-refractivity contribution < 1.29 is 4.79 Å². The molecule has 27 heavy (non-hydrogen) atoms. The Labute approximate surface area is 167 Å². The number of amides is 1. The van der Waals surface area contributed by atoms with E-state index in [1.807, 2.05) is 7.05 Å². The Morgan fingerprint density at radius 2 is 1.78 bits per heavy atom. The van der Waals surface area contributed by atoms with Gasteiger partial charge >= 0.3 is 0 Å². The van der Waals surface area contributed by atoms with E-state index in [2.05, 4.69) is 37.4 Å². The van der Waals surface area contributed by atoms with Crippen LogP contribution in [-0.4, -0.2) is 54.0 Å². The molecule has 1 amide bonds. The molecule has 0 spiro atoms. The van der Waals surface area contributed by atoms with Crippen molar-refractivity contribution in [2.24, 2.45) is 0 Å². The number of piperidine rings is 1. The van der Waals surface area contributed by atoms with Crippen molar-refractivity contribution in [1.82, 2.24) is 14.9 Å². The average molecular weight is 407 g/mol. The Hall–Kier alpha value is -2.09. The van der Waals surface area contributed by atoms with Crippen molar-refractivity contribution in [1.29, 1.82) is 0 Å². The molecule has 142 valence electrons. The topological polar surface area (TPSA) is 73.4 Å². The molecule has 0 aliphatic carbocycles. The minimum atomic E-state index is -0.289. The number of hydrogen-bond donors (Lipinski definition) is 2. The van der Waals surface area contributed by atoms with Gasteiger partial charge in [-0.05, 0) is 45.1 Å². The molecule has 4 rings (SSSR count). The maximum Gasteiger partial charge on any atom is 0.261 e. The van der Waals surface area contributed by atoms with Crippen LogP contribution in [0.1, 0.15) is 23.2 Å².